The molecule has 8 nitrogen and oxygen atoms in total. The minimum atomic E-state index is -0.690. The van der Waals surface area contributed by atoms with Gasteiger partial charge in [0.1, 0.15) is 23.7 Å². The van der Waals surface area contributed by atoms with Crippen LogP contribution in [0.3, 0.4) is 0 Å². The molecule has 5 rings (SSSR count). The van der Waals surface area contributed by atoms with E-state index in [2.05, 4.69) is 30.4 Å². The molecule has 0 unspecified atom stereocenters. The van der Waals surface area contributed by atoms with Gasteiger partial charge in [-0.05, 0) is 49.7 Å². The van der Waals surface area contributed by atoms with E-state index in [9.17, 15) is 4.79 Å². The normalized spacial score (nSPS) is 18.8. The Kier molecular flexibility index (Phi) is 6.44. The van der Waals surface area contributed by atoms with E-state index in [4.69, 9.17) is 28.9 Å². The quantitative estimate of drug-likeness (QED) is 0.448. The zero-order valence-electron chi connectivity index (χ0n) is 19.3. The first-order chi connectivity index (χ1) is 16.9. The molecule has 1 saturated heterocycles. The highest BCUT2D eigenvalue weighted by Crippen LogP contribution is 2.49. The summed E-state index contributed by atoms with van der Waals surface area (Å²) in [5.74, 6) is 1.23. The number of fused-ring (bicyclic) bond motifs is 1. The Labute approximate surface area is 214 Å². The molecule has 4 N–H and O–H groups in total. The van der Waals surface area contributed by atoms with Crippen molar-refractivity contribution in [3.63, 3.8) is 0 Å². The molecule has 2 aliphatic rings. The second-order valence-corrected chi connectivity index (χ2v) is 9.62. The number of nitrogens with one attached hydrogen (secondary N) is 2. The van der Waals surface area contributed by atoms with Crippen molar-refractivity contribution in [2.45, 2.75) is 31.5 Å². The number of nitrogens with zero attached hydrogens (tertiary/aromatic N) is 4. The Morgan fingerprint density at radius 3 is 2.46 bits per heavy atom. The topological polar surface area (TPSA) is 99.4 Å². The molecule has 2 aromatic carbocycles. The summed E-state index contributed by atoms with van der Waals surface area (Å²) in [6.45, 7) is 3.94. The minimum Gasteiger partial charge on any atom is -0.368 e. The summed E-state index contributed by atoms with van der Waals surface area (Å²) >= 11 is 12.8. The van der Waals surface area contributed by atoms with Crippen molar-refractivity contribution in [2.24, 2.45) is 5.73 Å². The monoisotopic (exact) mass is 511 g/mol. The van der Waals surface area contributed by atoms with Crippen LogP contribution in [0.1, 0.15) is 31.5 Å². The molecule has 0 spiro atoms. The summed E-state index contributed by atoms with van der Waals surface area (Å²) in [7, 11) is 0. The fourth-order valence-corrected chi connectivity index (χ4v) is 5.34. The van der Waals surface area contributed by atoms with Gasteiger partial charge in [-0.2, -0.15) is 0 Å². The third-order valence-electron chi connectivity index (χ3n) is 6.78. The first kappa shape index (κ1) is 23.7. The highest BCUT2D eigenvalue weighted by atomic mass is 35.5. The number of halogens is 2. The number of rotatable bonds is 6. The minimum absolute atomic E-state index is 0.286. The van der Waals surface area contributed by atoms with E-state index >= 15 is 0 Å². The lowest BCUT2D eigenvalue weighted by Gasteiger charge is -2.40. The molecule has 0 saturated carbocycles. The number of nitrogens with two attached hydrogens (primary N) is 1. The van der Waals surface area contributed by atoms with Gasteiger partial charge < -0.3 is 21.3 Å². The molecule has 10 heteroatoms. The number of piperidine rings is 1. The maximum absolute atomic E-state index is 12.2. The maximum Gasteiger partial charge on any atom is 0.237 e. The van der Waals surface area contributed by atoms with Crippen LogP contribution in [0.15, 0.2) is 54.9 Å². The van der Waals surface area contributed by atoms with Gasteiger partial charge in [0.15, 0.2) is 11.6 Å². The first-order valence-electron chi connectivity index (χ1n) is 11.6. The van der Waals surface area contributed by atoms with E-state index in [1.165, 1.54) is 0 Å². The number of anilines is 4. The first-order valence-corrected chi connectivity index (χ1v) is 12.4. The van der Waals surface area contributed by atoms with Crippen LogP contribution in [-0.4, -0.2) is 41.0 Å². The Balaban J connectivity index is 1.53. The number of amides is 1. The Hall–Kier alpha value is -3.07. The average molecular weight is 512 g/mol. The standard InChI is InChI=1S/C25H27Cl2N7O/c1-2-31-25(24(28)35)11-13-33(14-12-25)22-20-23(30-15-29-22)34(17-9-7-16(26)8-10-17)21(32-20)18-5-3-4-6-19(18)27/h3-10,15,21,31-32H,2,11-14H2,1H3,(H2,28,35)/t21-/m1/s1. The van der Waals surface area contributed by atoms with Gasteiger partial charge >= 0.3 is 0 Å². The number of hydrogen-bond donors (Lipinski definition) is 3. The van der Waals surface area contributed by atoms with Crippen molar-refractivity contribution in [1.82, 2.24) is 15.3 Å². The molecule has 1 amide bonds. The average Bonchev–Trinajstić information content (AvgIpc) is 3.25. The molecule has 1 atom stereocenters. The SMILES string of the molecule is CCNC1(C(N)=O)CCN(c2ncnc3c2N[C@@H](c2ccccc2Cl)N3c2ccc(Cl)cc2)CC1. The lowest BCUT2D eigenvalue weighted by molar-refractivity contribution is -0.125. The highest BCUT2D eigenvalue weighted by molar-refractivity contribution is 6.31. The summed E-state index contributed by atoms with van der Waals surface area (Å²) < 4.78 is 0. The number of hydrogen-bond acceptors (Lipinski definition) is 7. The number of likely N-dealkylation sites (N-methyl/N-ethyl adjacent to an activating group) is 1. The predicted octanol–water partition coefficient (Wildman–Crippen LogP) is 4.48. The summed E-state index contributed by atoms with van der Waals surface area (Å²) in [5.41, 5.74) is 7.75. The molecule has 0 aliphatic carbocycles. The number of primary amides is 1. The lowest BCUT2D eigenvalue weighted by Crippen LogP contribution is -2.61. The summed E-state index contributed by atoms with van der Waals surface area (Å²) in [6, 6.07) is 15.4. The Bertz CT molecular complexity index is 1230. The largest absolute Gasteiger partial charge is 0.368 e. The molecule has 1 aromatic heterocycles. The number of aromatic nitrogens is 2. The lowest BCUT2D eigenvalue weighted by atomic mass is 9.86. The number of carbonyl (C=O) groups excluding carboxylic acids is 1. The van der Waals surface area contributed by atoms with Gasteiger partial charge in [0.2, 0.25) is 5.91 Å². The summed E-state index contributed by atoms with van der Waals surface area (Å²) in [5, 5.41) is 8.24. The molecular formula is C25H27Cl2N7O. The van der Waals surface area contributed by atoms with Crippen LogP contribution < -0.4 is 26.2 Å². The Morgan fingerprint density at radius 1 is 1.11 bits per heavy atom. The van der Waals surface area contributed by atoms with Gasteiger partial charge in [-0.15, -0.1) is 0 Å². The zero-order chi connectivity index (χ0) is 24.6. The highest BCUT2D eigenvalue weighted by Gasteiger charge is 2.42. The molecular weight excluding hydrogens is 485 g/mol. The van der Waals surface area contributed by atoms with Crippen molar-refractivity contribution in [3.05, 3.63) is 70.5 Å². The van der Waals surface area contributed by atoms with Gasteiger partial charge in [-0.1, -0.05) is 48.3 Å². The zero-order valence-corrected chi connectivity index (χ0v) is 20.9. The van der Waals surface area contributed by atoms with Gasteiger partial charge in [-0.3, -0.25) is 9.69 Å². The summed E-state index contributed by atoms with van der Waals surface area (Å²) in [6.07, 6.45) is 2.49. The van der Waals surface area contributed by atoms with Crippen molar-refractivity contribution < 1.29 is 4.79 Å². The van der Waals surface area contributed by atoms with E-state index in [0.717, 1.165) is 28.6 Å². The fourth-order valence-electron chi connectivity index (χ4n) is 4.98. The molecule has 35 heavy (non-hydrogen) atoms. The summed E-state index contributed by atoms with van der Waals surface area (Å²) in [4.78, 5) is 25.8. The smallest absolute Gasteiger partial charge is 0.237 e. The van der Waals surface area contributed by atoms with Gasteiger partial charge in [0, 0.05) is 34.4 Å². The van der Waals surface area contributed by atoms with Crippen LogP contribution in [-0.2, 0) is 4.79 Å². The Morgan fingerprint density at radius 2 is 1.80 bits per heavy atom. The van der Waals surface area contributed by atoms with E-state index in [0.29, 0.717) is 42.5 Å². The fraction of sp³-hybridized carbons (Fsp3) is 0.320. The predicted molar refractivity (Wildman–Crippen MR) is 140 cm³/mol. The molecule has 1 fully saturated rings. The third-order valence-corrected chi connectivity index (χ3v) is 7.38. The number of carbonyl (C=O) groups is 1. The van der Waals surface area contributed by atoms with E-state index in [-0.39, 0.29) is 12.1 Å². The van der Waals surface area contributed by atoms with Gasteiger partial charge in [0.05, 0.1) is 0 Å². The molecule has 0 radical (unpaired) electrons. The number of benzene rings is 2. The second-order valence-electron chi connectivity index (χ2n) is 8.77. The molecule has 182 valence electrons. The van der Waals surface area contributed by atoms with Crippen LogP contribution in [0.25, 0.3) is 0 Å². The van der Waals surface area contributed by atoms with Crippen molar-refractivity contribution in [3.8, 4) is 0 Å². The van der Waals surface area contributed by atoms with Crippen molar-refractivity contribution >= 4 is 52.1 Å². The van der Waals surface area contributed by atoms with Crippen LogP contribution in [0.2, 0.25) is 10.0 Å². The van der Waals surface area contributed by atoms with Crippen LogP contribution in [0, 0.1) is 0 Å². The van der Waals surface area contributed by atoms with Crippen LogP contribution in [0.4, 0.5) is 23.0 Å². The van der Waals surface area contributed by atoms with Crippen molar-refractivity contribution in [2.75, 3.05) is 34.8 Å². The third kappa shape index (κ3) is 4.26. The van der Waals surface area contributed by atoms with Gasteiger partial charge in [0.25, 0.3) is 0 Å². The van der Waals surface area contributed by atoms with Crippen LogP contribution in [0.5, 0.6) is 0 Å². The van der Waals surface area contributed by atoms with Crippen LogP contribution >= 0.6 is 23.2 Å². The van der Waals surface area contributed by atoms with E-state index < -0.39 is 5.54 Å². The second kappa shape index (κ2) is 9.53. The van der Waals surface area contributed by atoms with E-state index in [1.807, 2.05) is 55.5 Å². The molecule has 2 aliphatic heterocycles. The van der Waals surface area contributed by atoms with Gasteiger partial charge in [-0.25, -0.2) is 9.97 Å². The molecule has 3 aromatic rings. The maximum atomic E-state index is 12.2. The molecule has 0 bridgehead atoms. The van der Waals surface area contributed by atoms with Crippen molar-refractivity contribution in [1.29, 1.82) is 0 Å². The van der Waals surface area contributed by atoms with E-state index in [1.54, 1.807) is 6.33 Å². The molecule has 3 heterocycles.